The van der Waals surface area contributed by atoms with Crippen molar-refractivity contribution >= 4 is 40.6 Å². The molecule has 5 heteroatoms. The Kier molecular flexibility index (Phi) is 11.1. The summed E-state index contributed by atoms with van der Waals surface area (Å²) in [6.45, 7) is 32.7. The number of benzene rings is 6. The van der Waals surface area contributed by atoms with Gasteiger partial charge >= 0.3 is 7.94 Å². The second-order valence-electron chi connectivity index (χ2n) is 21.2. The Bertz CT molecular complexity index is 2380. The van der Waals surface area contributed by atoms with Gasteiger partial charge in [-0.25, -0.2) is 0 Å². The second kappa shape index (κ2) is 15.0. The van der Waals surface area contributed by atoms with Crippen molar-refractivity contribution in [1.29, 1.82) is 0 Å². The lowest BCUT2D eigenvalue weighted by molar-refractivity contribution is 0.103. The molecule has 0 aliphatic rings. The number of fused-ring (bicyclic) bond motifs is 2. The third-order valence-corrected chi connectivity index (χ3v) is 13.0. The maximum absolute atomic E-state index is 13.9. The highest BCUT2D eigenvalue weighted by atomic mass is 31.2. The summed E-state index contributed by atoms with van der Waals surface area (Å²) in [6, 6.07) is 36.6. The lowest BCUT2D eigenvalue weighted by atomic mass is 9.83. The van der Waals surface area contributed by atoms with E-state index >= 15 is 0 Å². The predicted molar refractivity (Wildman–Crippen MR) is 248 cm³/mol. The average molecular weight is 796 g/mol. The molecule has 6 rings (SSSR count). The van der Waals surface area contributed by atoms with Crippen molar-refractivity contribution in [3.63, 3.8) is 0 Å². The smallest absolute Gasteiger partial charge is 0.289 e. The first-order chi connectivity index (χ1) is 26.6. The Morgan fingerprint density at radius 3 is 1.26 bits per heavy atom. The van der Waals surface area contributed by atoms with Crippen LogP contribution in [0.2, 0.25) is 0 Å². The van der Waals surface area contributed by atoms with Gasteiger partial charge in [0.1, 0.15) is 0 Å². The predicted octanol–water partition coefficient (Wildman–Crippen LogP) is 14.2. The molecule has 0 amide bonds. The van der Waals surface area contributed by atoms with E-state index in [9.17, 15) is 9.69 Å². The first kappa shape index (κ1) is 43.1. The molecule has 0 bridgehead atoms. The van der Waals surface area contributed by atoms with Crippen LogP contribution in [0.5, 0.6) is 11.5 Å². The van der Waals surface area contributed by atoms with Crippen LogP contribution in [-0.2, 0) is 27.1 Å². The van der Waals surface area contributed by atoms with Gasteiger partial charge in [-0.2, -0.15) is 4.89 Å². The Hall–Kier alpha value is -4.50. The third-order valence-electron chi connectivity index (χ3n) is 11.1. The molecule has 1 N–H and O–H groups in total. The maximum atomic E-state index is 13.9. The van der Waals surface area contributed by atoms with Gasteiger partial charge in [-0.3, -0.25) is 13.8 Å². The minimum absolute atomic E-state index is 0.0127. The average Bonchev–Trinajstić information content (AvgIpc) is 3.11. The molecule has 0 aromatic heterocycles. The van der Waals surface area contributed by atoms with Crippen molar-refractivity contribution in [1.82, 2.24) is 0 Å². The number of ketones is 1. The standard InChI is InChI=1S/C53H64O4P/c1-49(2,3)40-24-21-35-32-45(42(51(7,8)9)30-38(35)27-40)56-58(55,47-26-23-37(29-44(47)53(13,14)15)48(54)34-19-17-16-18-20-34)57-46-33-36-22-25-41(50(4,5)6)28-39(36)31-43(46)52(10,11)12/h16-33,55H,1-15H3/q+1. The summed E-state index contributed by atoms with van der Waals surface area (Å²) in [7, 11) is -4.05. The van der Waals surface area contributed by atoms with Crippen LogP contribution in [0, 0.1) is 0 Å². The van der Waals surface area contributed by atoms with Gasteiger partial charge in [-0.05, 0) is 102 Å². The quantitative estimate of drug-likeness (QED) is 0.129. The molecule has 0 spiro atoms. The van der Waals surface area contributed by atoms with E-state index in [0.29, 0.717) is 27.9 Å². The molecule has 0 fully saturated rings. The summed E-state index contributed by atoms with van der Waals surface area (Å²) >= 11 is 0. The van der Waals surface area contributed by atoms with Crippen LogP contribution in [-0.4, -0.2) is 10.7 Å². The Labute approximate surface area is 348 Å². The zero-order chi connectivity index (χ0) is 42.8. The van der Waals surface area contributed by atoms with E-state index < -0.39 is 13.4 Å². The highest BCUT2D eigenvalue weighted by Gasteiger charge is 2.52. The van der Waals surface area contributed by atoms with Crippen molar-refractivity contribution in [3.05, 3.63) is 148 Å². The van der Waals surface area contributed by atoms with Crippen LogP contribution < -0.4 is 14.4 Å². The van der Waals surface area contributed by atoms with Gasteiger partial charge in [0.2, 0.25) is 5.30 Å². The minimum atomic E-state index is -4.05. The second-order valence-corrected chi connectivity index (χ2v) is 23.1. The molecule has 0 saturated heterocycles. The molecule has 304 valence electrons. The van der Waals surface area contributed by atoms with Gasteiger partial charge in [0.25, 0.3) is 0 Å². The molecule has 4 nitrogen and oxygen atoms in total. The summed E-state index contributed by atoms with van der Waals surface area (Å²) < 4.78 is 14.4. The van der Waals surface area contributed by atoms with Crippen LogP contribution in [0.25, 0.3) is 21.5 Å². The minimum Gasteiger partial charge on any atom is -0.289 e. The number of hydrogen-bond acceptors (Lipinski definition) is 4. The molecular weight excluding hydrogens is 732 g/mol. The number of rotatable bonds is 7. The van der Waals surface area contributed by atoms with Gasteiger partial charge in [0, 0.05) is 27.8 Å². The van der Waals surface area contributed by atoms with E-state index in [1.807, 2.05) is 42.5 Å². The van der Waals surface area contributed by atoms with E-state index in [0.717, 1.165) is 38.2 Å². The van der Waals surface area contributed by atoms with Crippen molar-refractivity contribution in [2.24, 2.45) is 0 Å². The summed E-state index contributed by atoms with van der Waals surface area (Å²) in [4.78, 5) is 27.5. The van der Waals surface area contributed by atoms with Crippen LogP contribution in [0.3, 0.4) is 0 Å². The van der Waals surface area contributed by atoms with E-state index in [1.54, 1.807) is 6.07 Å². The first-order valence-corrected chi connectivity index (χ1v) is 22.2. The molecule has 0 atom stereocenters. The van der Waals surface area contributed by atoms with E-state index in [-0.39, 0.29) is 27.4 Å². The van der Waals surface area contributed by atoms with E-state index in [4.69, 9.17) is 9.05 Å². The van der Waals surface area contributed by atoms with Crippen molar-refractivity contribution in [2.45, 2.75) is 131 Å². The van der Waals surface area contributed by atoms with Crippen LogP contribution in [0.1, 0.15) is 148 Å². The zero-order valence-corrected chi connectivity index (χ0v) is 38.4. The first-order valence-electron chi connectivity index (χ1n) is 20.6. The van der Waals surface area contributed by atoms with Crippen LogP contribution in [0.4, 0.5) is 0 Å². The normalized spacial score (nSPS) is 13.2. The molecular formula is C53H64O4P+. The molecule has 0 aliphatic carbocycles. The van der Waals surface area contributed by atoms with Gasteiger partial charge in [0.05, 0.1) is 0 Å². The lowest BCUT2D eigenvalue weighted by Crippen LogP contribution is -2.31. The summed E-state index contributed by atoms with van der Waals surface area (Å²) in [5, 5.41) is 4.80. The van der Waals surface area contributed by atoms with E-state index in [1.165, 1.54) is 11.1 Å². The fourth-order valence-electron chi connectivity index (χ4n) is 7.47. The zero-order valence-electron chi connectivity index (χ0n) is 37.5. The maximum Gasteiger partial charge on any atom is 0.533 e. The SMILES string of the molecule is CC(C)(C)c1ccc2cc(O[P+](O)(Oc3cc4ccc(C(C)(C)C)cc4cc3C(C)(C)C)c3ccc(C(=O)c4ccccc4)cc3C(C)(C)C)c(C(C)(C)C)cc2c1. The van der Waals surface area contributed by atoms with Gasteiger partial charge in [-0.1, -0.05) is 171 Å². The summed E-state index contributed by atoms with van der Waals surface area (Å²) in [5.41, 5.74) is 5.16. The molecule has 0 saturated carbocycles. The number of hydrogen-bond donors (Lipinski definition) is 1. The molecule has 6 aromatic carbocycles. The van der Waals surface area contributed by atoms with Gasteiger partial charge in [0.15, 0.2) is 17.3 Å². The Balaban J connectivity index is 1.62. The molecule has 0 aliphatic heterocycles. The monoisotopic (exact) mass is 795 g/mol. The van der Waals surface area contributed by atoms with Crippen molar-refractivity contribution < 1.29 is 18.7 Å². The topological polar surface area (TPSA) is 55.8 Å². The third kappa shape index (κ3) is 9.05. The number of carbonyl (C=O) groups is 1. The Morgan fingerprint density at radius 2 is 0.862 bits per heavy atom. The van der Waals surface area contributed by atoms with Gasteiger partial charge < -0.3 is 0 Å². The van der Waals surface area contributed by atoms with Crippen LogP contribution >= 0.6 is 7.94 Å². The molecule has 0 unspecified atom stereocenters. The Morgan fingerprint density at radius 1 is 0.431 bits per heavy atom. The fraction of sp³-hybridized carbons (Fsp3) is 0.377. The largest absolute Gasteiger partial charge is 0.533 e. The molecule has 0 heterocycles. The highest BCUT2D eigenvalue weighted by Crippen LogP contribution is 2.59. The van der Waals surface area contributed by atoms with Crippen LogP contribution in [0.15, 0.2) is 109 Å². The van der Waals surface area contributed by atoms with Crippen molar-refractivity contribution in [2.75, 3.05) is 0 Å². The highest BCUT2D eigenvalue weighted by molar-refractivity contribution is 7.69. The number of carbonyl (C=O) groups excluding carboxylic acids is 1. The van der Waals surface area contributed by atoms with Crippen molar-refractivity contribution in [3.8, 4) is 11.5 Å². The fourth-order valence-corrected chi connectivity index (χ4v) is 9.51. The lowest BCUT2D eigenvalue weighted by Gasteiger charge is -2.30. The van der Waals surface area contributed by atoms with Gasteiger partial charge in [-0.15, -0.1) is 0 Å². The summed E-state index contributed by atoms with van der Waals surface area (Å²) in [6.07, 6.45) is 0. The van der Waals surface area contributed by atoms with E-state index in [2.05, 4.69) is 165 Å². The molecule has 6 aromatic rings. The summed E-state index contributed by atoms with van der Waals surface area (Å²) in [5.74, 6) is 1.05. The molecule has 58 heavy (non-hydrogen) atoms. The molecule has 0 radical (unpaired) electrons.